The maximum atomic E-state index is 4.44. The number of halogens is 1. The van der Waals surface area contributed by atoms with Crippen LogP contribution in [0.25, 0.3) is 0 Å². The third kappa shape index (κ3) is 3.18. The number of imidazole rings is 1. The molecule has 0 amide bonds. The summed E-state index contributed by atoms with van der Waals surface area (Å²) in [6.07, 6.45) is 9.13. The van der Waals surface area contributed by atoms with E-state index in [4.69, 9.17) is 0 Å². The molecule has 3 nitrogen and oxygen atoms in total. The molecule has 0 aliphatic heterocycles. The SMILES string of the molecule is Brc1ccc(Cn2ccnc2NC2CCCC2)cc1. The van der Waals surface area contributed by atoms with E-state index in [-0.39, 0.29) is 0 Å². The fourth-order valence-corrected chi connectivity index (χ4v) is 2.88. The smallest absolute Gasteiger partial charge is 0.203 e. The second-order valence-electron chi connectivity index (χ2n) is 5.13. The first-order valence-corrected chi connectivity index (χ1v) is 7.63. The molecule has 100 valence electrons. The van der Waals surface area contributed by atoms with Crippen molar-refractivity contribution in [2.75, 3.05) is 5.32 Å². The number of anilines is 1. The highest BCUT2D eigenvalue weighted by Crippen LogP contribution is 2.22. The number of hydrogen-bond acceptors (Lipinski definition) is 2. The highest BCUT2D eigenvalue weighted by molar-refractivity contribution is 9.10. The molecule has 4 heteroatoms. The summed E-state index contributed by atoms with van der Waals surface area (Å²) in [7, 11) is 0. The maximum absolute atomic E-state index is 4.44. The van der Waals surface area contributed by atoms with Gasteiger partial charge in [-0.2, -0.15) is 0 Å². The van der Waals surface area contributed by atoms with Crippen molar-refractivity contribution >= 4 is 21.9 Å². The molecule has 1 aromatic heterocycles. The predicted octanol–water partition coefficient (Wildman–Crippen LogP) is 4.05. The van der Waals surface area contributed by atoms with E-state index in [1.54, 1.807) is 0 Å². The number of aromatic nitrogens is 2. The average Bonchev–Trinajstić information content (AvgIpc) is 3.06. The summed E-state index contributed by atoms with van der Waals surface area (Å²) in [6, 6.07) is 9.05. The molecular weight excluding hydrogens is 302 g/mol. The molecule has 3 rings (SSSR count). The molecule has 0 unspecified atom stereocenters. The van der Waals surface area contributed by atoms with E-state index < -0.39 is 0 Å². The second kappa shape index (κ2) is 5.78. The van der Waals surface area contributed by atoms with Gasteiger partial charge in [-0.25, -0.2) is 4.98 Å². The van der Waals surface area contributed by atoms with Gasteiger partial charge in [-0.05, 0) is 30.5 Å². The third-order valence-electron chi connectivity index (χ3n) is 3.67. The Kier molecular flexibility index (Phi) is 3.87. The summed E-state index contributed by atoms with van der Waals surface area (Å²) in [5, 5.41) is 3.56. The highest BCUT2D eigenvalue weighted by Gasteiger charge is 2.16. The van der Waals surface area contributed by atoms with Crippen LogP contribution in [0.15, 0.2) is 41.1 Å². The standard InChI is InChI=1S/C15H18BrN3/c16-13-7-5-12(6-8-13)11-19-10-9-17-15(19)18-14-3-1-2-4-14/h5-10,14H,1-4,11H2,(H,17,18). The van der Waals surface area contributed by atoms with E-state index in [2.05, 4.69) is 55.1 Å². The predicted molar refractivity (Wildman–Crippen MR) is 81.3 cm³/mol. The molecule has 1 aliphatic carbocycles. The summed E-state index contributed by atoms with van der Waals surface area (Å²) in [5.41, 5.74) is 1.29. The van der Waals surface area contributed by atoms with Crippen LogP contribution in [0.4, 0.5) is 5.95 Å². The topological polar surface area (TPSA) is 29.9 Å². The van der Waals surface area contributed by atoms with Crippen LogP contribution in [-0.4, -0.2) is 15.6 Å². The Labute approximate surface area is 122 Å². The fraction of sp³-hybridized carbons (Fsp3) is 0.400. The van der Waals surface area contributed by atoms with E-state index in [0.717, 1.165) is 17.0 Å². The van der Waals surface area contributed by atoms with Gasteiger partial charge in [-0.15, -0.1) is 0 Å². The monoisotopic (exact) mass is 319 g/mol. The van der Waals surface area contributed by atoms with Crippen molar-refractivity contribution in [3.05, 3.63) is 46.7 Å². The van der Waals surface area contributed by atoms with Crippen molar-refractivity contribution in [3.63, 3.8) is 0 Å². The first-order valence-electron chi connectivity index (χ1n) is 6.83. The number of nitrogens with one attached hydrogen (secondary N) is 1. The quantitative estimate of drug-likeness (QED) is 0.921. The Bertz CT molecular complexity index is 527. The zero-order chi connectivity index (χ0) is 13.1. The van der Waals surface area contributed by atoms with Crippen molar-refractivity contribution in [1.82, 2.24) is 9.55 Å². The molecule has 1 heterocycles. The fourth-order valence-electron chi connectivity index (χ4n) is 2.62. The van der Waals surface area contributed by atoms with Crippen LogP contribution in [0.3, 0.4) is 0 Å². The third-order valence-corrected chi connectivity index (χ3v) is 4.20. The lowest BCUT2D eigenvalue weighted by atomic mass is 10.2. The molecule has 1 aromatic carbocycles. The van der Waals surface area contributed by atoms with Gasteiger partial charge in [0, 0.05) is 22.9 Å². The molecule has 19 heavy (non-hydrogen) atoms. The lowest BCUT2D eigenvalue weighted by Gasteiger charge is -2.14. The Morgan fingerprint density at radius 3 is 2.68 bits per heavy atom. The summed E-state index contributed by atoms with van der Waals surface area (Å²) >= 11 is 3.46. The van der Waals surface area contributed by atoms with Crippen LogP contribution >= 0.6 is 15.9 Å². The normalized spacial score (nSPS) is 15.8. The zero-order valence-corrected chi connectivity index (χ0v) is 12.4. The van der Waals surface area contributed by atoms with Crippen molar-refractivity contribution < 1.29 is 0 Å². The molecule has 1 saturated carbocycles. The molecular formula is C15H18BrN3. The summed E-state index contributed by atoms with van der Waals surface area (Å²) < 4.78 is 3.30. The molecule has 1 N–H and O–H groups in total. The van der Waals surface area contributed by atoms with Crippen LogP contribution in [0.5, 0.6) is 0 Å². The van der Waals surface area contributed by atoms with Gasteiger partial charge in [-0.1, -0.05) is 40.9 Å². The van der Waals surface area contributed by atoms with Gasteiger partial charge >= 0.3 is 0 Å². The van der Waals surface area contributed by atoms with Crippen molar-refractivity contribution in [1.29, 1.82) is 0 Å². The minimum Gasteiger partial charge on any atom is -0.353 e. The Morgan fingerprint density at radius 2 is 1.95 bits per heavy atom. The summed E-state index contributed by atoms with van der Waals surface area (Å²) in [5.74, 6) is 0.995. The molecule has 0 saturated heterocycles. The van der Waals surface area contributed by atoms with Crippen LogP contribution in [-0.2, 0) is 6.54 Å². The largest absolute Gasteiger partial charge is 0.353 e. The Hall–Kier alpha value is -1.29. The number of rotatable bonds is 4. The van der Waals surface area contributed by atoms with Gasteiger partial charge in [0.05, 0.1) is 6.54 Å². The van der Waals surface area contributed by atoms with Gasteiger partial charge in [0.15, 0.2) is 0 Å². The molecule has 1 fully saturated rings. The zero-order valence-electron chi connectivity index (χ0n) is 10.8. The molecule has 0 atom stereocenters. The maximum Gasteiger partial charge on any atom is 0.203 e. The van der Waals surface area contributed by atoms with E-state index in [0.29, 0.717) is 6.04 Å². The molecule has 0 spiro atoms. The molecule has 0 bridgehead atoms. The van der Waals surface area contributed by atoms with Gasteiger partial charge in [0.25, 0.3) is 0 Å². The molecule has 2 aromatic rings. The minimum atomic E-state index is 0.603. The van der Waals surface area contributed by atoms with Crippen LogP contribution in [0, 0.1) is 0 Å². The van der Waals surface area contributed by atoms with Gasteiger partial charge in [0.1, 0.15) is 0 Å². The van der Waals surface area contributed by atoms with E-state index in [9.17, 15) is 0 Å². The lowest BCUT2D eigenvalue weighted by Crippen LogP contribution is -2.18. The molecule has 0 radical (unpaired) electrons. The van der Waals surface area contributed by atoms with E-state index >= 15 is 0 Å². The summed E-state index contributed by atoms with van der Waals surface area (Å²) in [4.78, 5) is 4.44. The van der Waals surface area contributed by atoms with Gasteiger partial charge in [-0.3, -0.25) is 0 Å². The van der Waals surface area contributed by atoms with Gasteiger partial charge < -0.3 is 9.88 Å². The van der Waals surface area contributed by atoms with Crippen molar-refractivity contribution in [3.8, 4) is 0 Å². The number of benzene rings is 1. The minimum absolute atomic E-state index is 0.603. The highest BCUT2D eigenvalue weighted by atomic mass is 79.9. The van der Waals surface area contributed by atoms with Crippen molar-refractivity contribution in [2.24, 2.45) is 0 Å². The Morgan fingerprint density at radius 1 is 1.21 bits per heavy atom. The van der Waals surface area contributed by atoms with Crippen LogP contribution < -0.4 is 5.32 Å². The number of nitrogens with zero attached hydrogens (tertiary/aromatic N) is 2. The van der Waals surface area contributed by atoms with Crippen LogP contribution in [0.1, 0.15) is 31.2 Å². The average molecular weight is 320 g/mol. The first kappa shape index (κ1) is 12.7. The molecule has 1 aliphatic rings. The van der Waals surface area contributed by atoms with Crippen molar-refractivity contribution in [2.45, 2.75) is 38.3 Å². The Balaban J connectivity index is 1.70. The summed E-state index contributed by atoms with van der Waals surface area (Å²) in [6.45, 7) is 0.863. The number of hydrogen-bond donors (Lipinski definition) is 1. The van der Waals surface area contributed by atoms with Gasteiger partial charge in [0.2, 0.25) is 5.95 Å². The lowest BCUT2D eigenvalue weighted by molar-refractivity contribution is 0.716. The van der Waals surface area contributed by atoms with Crippen LogP contribution in [0.2, 0.25) is 0 Å². The van der Waals surface area contributed by atoms with E-state index in [1.165, 1.54) is 31.2 Å². The second-order valence-corrected chi connectivity index (χ2v) is 6.05. The first-order chi connectivity index (χ1) is 9.31. The van der Waals surface area contributed by atoms with E-state index in [1.807, 2.05) is 12.4 Å².